The highest BCUT2D eigenvalue weighted by atomic mass is 16.2. The molecule has 0 bridgehead atoms. The van der Waals surface area contributed by atoms with Gasteiger partial charge in [-0.15, -0.1) is 0 Å². The van der Waals surface area contributed by atoms with E-state index in [1.807, 2.05) is 6.92 Å². The van der Waals surface area contributed by atoms with Crippen LogP contribution in [0.3, 0.4) is 0 Å². The Balaban J connectivity index is 1.81. The van der Waals surface area contributed by atoms with Crippen LogP contribution in [0.25, 0.3) is 0 Å². The van der Waals surface area contributed by atoms with E-state index in [0.717, 1.165) is 38.9 Å². The molecular weight excluding hydrogens is 214 g/mol. The minimum absolute atomic E-state index is 0.0359. The summed E-state index contributed by atoms with van der Waals surface area (Å²) >= 11 is 0. The number of nitrogens with one attached hydrogen (secondary N) is 1. The van der Waals surface area contributed by atoms with Crippen molar-refractivity contribution in [1.29, 1.82) is 0 Å². The van der Waals surface area contributed by atoms with Crippen molar-refractivity contribution in [2.75, 3.05) is 26.7 Å². The van der Waals surface area contributed by atoms with E-state index in [-0.39, 0.29) is 17.4 Å². The Labute approximate surface area is 104 Å². The molecule has 2 aliphatic rings. The molecule has 0 aromatic heterocycles. The zero-order chi connectivity index (χ0) is 12.5. The molecule has 0 aromatic carbocycles. The summed E-state index contributed by atoms with van der Waals surface area (Å²) in [6.07, 6.45) is 4.19. The highest BCUT2D eigenvalue weighted by Gasteiger charge is 2.42. The van der Waals surface area contributed by atoms with Gasteiger partial charge in [-0.05, 0) is 45.7 Å². The number of carbonyl (C=O) groups excluding carboxylic acids is 1. The van der Waals surface area contributed by atoms with Crippen molar-refractivity contribution in [1.82, 2.24) is 10.2 Å². The van der Waals surface area contributed by atoms with Gasteiger partial charge >= 0.3 is 0 Å². The maximum absolute atomic E-state index is 12.2. The van der Waals surface area contributed by atoms with E-state index in [1.165, 1.54) is 6.42 Å². The summed E-state index contributed by atoms with van der Waals surface area (Å²) in [5.41, 5.74) is 5.72. The number of carbonyl (C=O) groups is 1. The van der Waals surface area contributed by atoms with E-state index in [4.69, 9.17) is 5.73 Å². The third-order valence-corrected chi connectivity index (χ3v) is 4.59. The van der Waals surface area contributed by atoms with E-state index in [0.29, 0.717) is 5.92 Å². The van der Waals surface area contributed by atoms with Crippen molar-refractivity contribution in [3.63, 3.8) is 0 Å². The van der Waals surface area contributed by atoms with E-state index in [2.05, 4.69) is 17.3 Å². The van der Waals surface area contributed by atoms with Crippen molar-refractivity contribution in [3.8, 4) is 0 Å². The third kappa shape index (κ3) is 2.63. The van der Waals surface area contributed by atoms with Crippen LogP contribution in [-0.4, -0.2) is 43.5 Å². The zero-order valence-electron chi connectivity index (χ0n) is 11.0. The van der Waals surface area contributed by atoms with E-state index in [9.17, 15) is 4.79 Å². The van der Waals surface area contributed by atoms with E-state index >= 15 is 0 Å². The van der Waals surface area contributed by atoms with Gasteiger partial charge in [0.2, 0.25) is 5.91 Å². The second-order valence-corrected chi connectivity index (χ2v) is 6.04. The van der Waals surface area contributed by atoms with Crippen molar-refractivity contribution in [3.05, 3.63) is 0 Å². The topological polar surface area (TPSA) is 58.4 Å². The molecule has 0 spiro atoms. The molecule has 0 aromatic rings. The fourth-order valence-corrected chi connectivity index (χ4v) is 3.11. The first-order valence-electron chi connectivity index (χ1n) is 6.75. The van der Waals surface area contributed by atoms with Crippen LogP contribution >= 0.6 is 0 Å². The van der Waals surface area contributed by atoms with Crippen LogP contribution in [0.15, 0.2) is 0 Å². The number of nitrogens with zero attached hydrogens (tertiary/aromatic N) is 1. The first-order chi connectivity index (χ1) is 8.02. The van der Waals surface area contributed by atoms with Crippen LogP contribution < -0.4 is 11.1 Å². The summed E-state index contributed by atoms with van der Waals surface area (Å²) < 4.78 is 0. The van der Waals surface area contributed by atoms with Crippen molar-refractivity contribution >= 4 is 5.91 Å². The average molecular weight is 239 g/mol. The van der Waals surface area contributed by atoms with Crippen molar-refractivity contribution < 1.29 is 4.79 Å². The fraction of sp³-hybridized carbons (Fsp3) is 0.923. The van der Waals surface area contributed by atoms with Gasteiger partial charge in [-0.25, -0.2) is 0 Å². The Bertz CT molecular complexity index is 294. The van der Waals surface area contributed by atoms with Crippen LogP contribution in [-0.2, 0) is 4.79 Å². The zero-order valence-corrected chi connectivity index (χ0v) is 11.0. The monoisotopic (exact) mass is 239 g/mol. The molecule has 3 atom stereocenters. The quantitative estimate of drug-likeness (QED) is 0.757. The van der Waals surface area contributed by atoms with E-state index < -0.39 is 0 Å². The number of amides is 1. The molecule has 4 nitrogen and oxygen atoms in total. The summed E-state index contributed by atoms with van der Waals surface area (Å²) in [6.45, 7) is 5.08. The Hall–Kier alpha value is -0.610. The molecule has 1 aliphatic carbocycles. The van der Waals surface area contributed by atoms with Crippen LogP contribution in [0.1, 0.15) is 32.6 Å². The van der Waals surface area contributed by atoms with Crippen LogP contribution in [0.5, 0.6) is 0 Å². The lowest BCUT2D eigenvalue weighted by Gasteiger charge is -2.28. The summed E-state index contributed by atoms with van der Waals surface area (Å²) in [6, 6.07) is 0.0359. The Morgan fingerprint density at radius 1 is 1.53 bits per heavy atom. The molecule has 17 heavy (non-hydrogen) atoms. The molecule has 2 fully saturated rings. The highest BCUT2D eigenvalue weighted by Crippen LogP contribution is 2.36. The maximum Gasteiger partial charge on any atom is 0.227 e. The van der Waals surface area contributed by atoms with Crippen molar-refractivity contribution in [2.45, 2.75) is 38.6 Å². The van der Waals surface area contributed by atoms with E-state index in [1.54, 1.807) is 0 Å². The molecule has 2 rings (SSSR count). The Morgan fingerprint density at radius 2 is 2.29 bits per heavy atom. The first-order valence-corrected chi connectivity index (χ1v) is 6.75. The number of rotatable bonds is 3. The molecular formula is C13H25N3O. The van der Waals surface area contributed by atoms with Gasteiger partial charge in [0.05, 0.1) is 5.41 Å². The molecule has 1 amide bonds. The first kappa shape index (κ1) is 12.8. The predicted molar refractivity (Wildman–Crippen MR) is 68.5 cm³/mol. The second kappa shape index (κ2) is 4.94. The summed E-state index contributed by atoms with van der Waals surface area (Å²) in [7, 11) is 2.13. The normalized spacial score (nSPS) is 38.5. The molecule has 4 heteroatoms. The lowest BCUT2D eigenvalue weighted by molar-refractivity contribution is -0.130. The van der Waals surface area contributed by atoms with Gasteiger partial charge in [0.15, 0.2) is 0 Å². The van der Waals surface area contributed by atoms with Gasteiger partial charge in [0.25, 0.3) is 0 Å². The maximum atomic E-state index is 12.2. The van der Waals surface area contributed by atoms with Gasteiger partial charge in [0.1, 0.15) is 0 Å². The standard InChI is InChI=1S/C13H25N3O/c1-13(6-3-4-11(13)14)12(17)15-8-10-5-7-16(2)9-10/h10-11H,3-9,14H2,1-2H3,(H,15,17). The molecule has 3 unspecified atom stereocenters. The van der Waals surface area contributed by atoms with Gasteiger partial charge in [-0.3, -0.25) is 4.79 Å². The number of hydrogen-bond donors (Lipinski definition) is 2. The number of nitrogens with two attached hydrogens (primary N) is 1. The van der Waals surface area contributed by atoms with Crippen LogP contribution in [0, 0.1) is 11.3 Å². The molecule has 0 radical (unpaired) electrons. The molecule has 1 saturated heterocycles. The van der Waals surface area contributed by atoms with Gasteiger partial charge < -0.3 is 16.0 Å². The molecule has 1 aliphatic heterocycles. The summed E-state index contributed by atoms with van der Waals surface area (Å²) in [5, 5.41) is 3.11. The third-order valence-electron chi connectivity index (χ3n) is 4.59. The predicted octanol–water partition coefficient (Wildman–Crippen LogP) is 0.572. The molecule has 98 valence electrons. The second-order valence-electron chi connectivity index (χ2n) is 6.04. The summed E-state index contributed by atoms with van der Waals surface area (Å²) in [5.74, 6) is 0.780. The Morgan fingerprint density at radius 3 is 2.82 bits per heavy atom. The Kier molecular flexibility index (Phi) is 3.73. The SMILES string of the molecule is CN1CCC(CNC(=O)C2(C)CCCC2N)C1. The van der Waals surface area contributed by atoms with Crippen LogP contribution in [0.4, 0.5) is 0 Å². The van der Waals surface area contributed by atoms with Gasteiger partial charge in [-0.2, -0.15) is 0 Å². The van der Waals surface area contributed by atoms with Gasteiger partial charge in [0, 0.05) is 19.1 Å². The molecule has 1 saturated carbocycles. The van der Waals surface area contributed by atoms with Crippen LogP contribution in [0.2, 0.25) is 0 Å². The smallest absolute Gasteiger partial charge is 0.227 e. The largest absolute Gasteiger partial charge is 0.355 e. The summed E-state index contributed by atoms with van der Waals surface area (Å²) in [4.78, 5) is 14.5. The minimum atomic E-state index is -0.329. The molecule has 1 heterocycles. The highest BCUT2D eigenvalue weighted by molar-refractivity contribution is 5.83. The lowest BCUT2D eigenvalue weighted by atomic mass is 9.84. The average Bonchev–Trinajstić information content (AvgIpc) is 2.84. The fourth-order valence-electron chi connectivity index (χ4n) is 3.11. The lowest BCUT2D eigenvalue weighted by Crippen LogP contribution is -2.48. The number of likely N-dealkylation sites (tertiary alicyclic amines) is 1. The van der Waals surface area contributed by atoms with Crippen molar-refractivity contribution in [2.24, 2.45) is 17.1 Å². The van der Waals surface area contributed by atoms with Gasteiger partial charge in [-0.1, -0.05) is 6.42 Å². The number of hydrogen-bond acceptors (Lipinski definition) is 3. The minimum Gasteiger partial charge on any atom is -0.355 e. The molecule has 3 N–H and O–H groups in total.